The summed E-state index contributed by atoms with van der Waals surface area (Å²) in [6, 6.07) is 6.28. The van der Waals surface area contributed by atoms with Crippen LogP contribution in [-0.4, -0.2) is 23.2 Å². The highest BCUT2D eigenvalue weighted by Gasteiger charge is 2.22. The van der Waals surface area contributed by atoms with Crippen LogP contribution in [0.3, 0.4) is 0 Å². The molecule has 1 aliphatic carbocycles. The van der Waals surface area contributed by atoms with Crippen molar-refractivity contribution in [1.29, 1.82) is 0 Å². The molecule has 3 atom stereocenters. The second-order valence-corrected chi connectivity index (χ2v) is 6.55. The highest BCUT2D eigenvalue weighted by Crippen LogP contribution is 2.23. The van der Waals surface area contributed by atoms with E-state index < -0.39 is 17.8 Å². The van der Waals surface area contributed by atoms with Crippen molar-refractivity contribution >= 4 is 23.2 Å². The quantitative estimate of drug-likeness (QED) is 0.574. The Kier molecular flexibility index (Phi) is 6.78. The highest BCUT2D eigenvalue weighted by atomic mass is 32.1. The maximum atomic E-state index is 13.5. The first-order chi connectivity index (χ1) is 11.5. The number of nitrogens with one attached hydrogen (secondary N) is 3. The third-order valence-corrected chi connectivity index (χ3v) is 4.46. The van der Waals surface area contributed by atoms with Gasteiger partial charge in [-0.25, -0.2) is 4.39 Å². The first-order valence-electron chi connectivity index (χ1n) is 8.25. The Bertz CT molecular complexity index is 585. The van der Waals surface area contributed by atoms with Crippen LogP contribution in [0.15, 0.2) is 24.3 Å². The van der Waals surface area contributed by atoms with Gasteiger partial charge in [-0.15, -0.1) is 0 Å². The van der Waals surface area contributed by atoms with Crippen LogP contribution in [0.4, 0.5) is 4.39 Å². The number of thiocarbonyl (C=S) groups is 1. The zero-order chi connectivity index (χ0) is 17.5. The maximum absolute atomic E-state index is 13.5. The Hall–Kier alpha value is -1.89. The van der Waals surface area contributed by atoms with Gasteiger partial charge < -0.3 is 10.1 Å². The monoisotopic (exact) mass is 353 g/mol. The van der Waals surface area contributed by atoms with Gasteiger partial charge in [0.15, 0.2) is 22.8 Å². The molecule has 0 spiro atoms. The van der Waals surface area contributed by atoms with Gasteiger partial charge in [-0.3, -0.25) is 15.6 Å². The Morgan fingerprint density at radius 1 is 1.29 bits per heavy atom. The average molecular weight is 353 g/mol. The van der Waals surface area contributed by atoms with Crippen LogP contribution >= 0.6 is 12.2 Å². The Balaban J connectivity index is 1.75. The summed E-state index contributed by atoms with van der Waals surface area (Å²) in [5.74, 6) is -0.345. The van der Waals surface area contributed by atoms with Crippen LogP contribution in [0.5, 0.6) is 5.75 Å². The second kappa shape index (κ2) is 8.82. The van der Waals surface area contributed by atoms with Crippen LogP contribution in [-0.2, 0) is 4.79 Å². The average Bonchev–Trinajstić information content (AvgIpc) is 2.56. The lowest BCUT2D eigenvalue weighted by Crippen LogP contribution is -2.53. The van der Waals surface area contributed by atoms with Crippen molar-refractivity contribution in [1.82, 2.24) is 16.2 Å². The standard InChI is InChI=1S/C17H24FN3O2S/c1-11-7-3-5-9-14(11)19-17(24)21-20-16(22)12(2)23-15-10-6-4-8-13(15)18/h4,6,8,10-12,14H,3,5,7,9H2,1-2H3,(H,20,22)(H2,19,21,24)/t11-,12-,14-/m1/s1. The molecule has 1 aromatic rings. The first kappa shape index (κ1) is 18.4. The summed E-state index contributed by atoms with van der Waals surface area (Å²) in [6.45, 7) is 3.74. The van der Waals surface area contributed by atoms with E-state index in [0.29, 0.717) is 17.1 Å². The van der Waals surface area contributed by atoms with Crippen molar-refractivity contribution < 1.29 is 13.9 Å². The summed E-state index contributed by atoms with van der Waals surface area (Å²) in [6.07, 6.45) is 3.83. The number of amides is 1. The van der Waals surface area contributed by atoms with E-state index in [9.17, 15) is 9.18 Å². The van der Waals surface area contributed by atoms with Crippen molar-refractivity contribution in [2.24, 2.45) is 5.92 Å². The fraction of sp³-hybridized carbons (Fsp3) is 0.529. The normalized spacial score (nSPS) is 21.5. The molecule has 1 saturated carbocycles. The summed E-state index contributed by atoms with van der Waals surface area (Å²) in [4.78, 5) is 12.0. The molecule has 0 heterocycles. The van der Waals surface area contributed by atoms with Crippen molar-refractivity contribution in [2.45, 2.75) is 51.7 Å². The van der Waals surface area contributed by atoms with Gasteiger partial charge in [-0.1, -0.05) is 31.9 Å². The van der Waals surface area contributed by atoms with Gasteiger partial charge in [0.25, 0.3) is 5.91 Å². The molecule has 0 aliphatic heterocycles. The Labute approximate surface area is 147 Å². The van der Waals surface area contributed by atoms with Crippen LogP contribution in [0.25, 0.3) is 0 Å². The number of carbonyl (C=O) groups excluding carboxylic acids is 1. The summed E-state index contributed by atoms with van der Waals surface area (Å²) in [5, 5.41) is 3.60. The van der Waals surface area contributed by atoms with E-state index in [0.717, 1.165) is 6.42 Å². The first-order valence-corrected chi connectivity index (χ1v) is 8.65. The molecule has 3 N–H and O–H groups in total. The van der Waals surface area contributed by atoms with Crippen molar-refractivity contribution in [2.75, 3.05) is 0 Å². The molecule has 1 aliphatic rings. The third kappa shape index (κ3) is 5.33. The zero-order valence-electron chi connectivity index (χ0n) is 14.0. The van der Waals surface area contributed by atoms with Gasteiger partial charge in [-0.2, -0.15) is 0 Å². The summed E-state index contributed by atoms with van der Waals surface area (Å²) in [5.41, 5.74) is 5.16. The number of rotatable bonds is 4. The number of hydrogen-bond acceptors (Lipinski definition) is 3. The number of para-hydroxylation sites is 1. The molecule has 1 fully saturated rings. The lowest BCUT2D eigenvalue weighted by Gasteiger charge is -2.30. The van der Waals surface area contributed by atoms with Gasteiger partial charge in [0, 0.05) is 6.04 Å². The number of benzene rings is 1. The molecular weight excluding hydrogens is 329 g/mol. The van der Waals surface area contributed by atoms with Crippen LogP contribution in [0.2, 0.25) is 0 Å². The van der Waals surface area contributed by atoms with Gasteiger partial charge in [0.2, 0.25) is 0 Å². The fourth-order valence-corrected chi connectivity index (χ4v) is 2.94. The lowest BCUT2D eigenvalue weighted by atomic mass is 9.86. The molecule has 7 heteroatoms. The van der Waals surface area contributed by atoms with Gasteiger partial charge in [0.1, 0.15) is 0 Å². The van der Waals surface area contributed by atoms with E-state index in [1.807, 2.05) is 0 Å². The number of carbonyl (C=O) groups is 1. The number of hydrazine groups is 1. The third-order valence-electron chi connectivity index (χ3n) is 4.24. The molecule has 0 radical (unpaired) electrons. The van der Waals surface area contributed by atoms with Gasteiger partial charge in [0.05, 0.1) is 0 Å². The van der Waals surface area contributed by atoms with E-state index in [1.54, 1.807) is 19.1 Å². The smallest absolute Gasteiger partial charge is 0.279 e. The molecule has 2 rings (SSSR count). The fourth-order valence-electron chi connectivity index (χ4n) is 2.74. The molecule has 1 aromatic carbocycles. The van der Waals surface area contributed by atoms with E-state index in [4.69, 9.17) is 17.0 Å². The van der Waals surface area contributed by atoms with Gasteiger partial charge >= 0.3 is 0 Å². The summed E-state index contributed by atoms with van der Waals surface area (Å²) in [7, 11) is 0. The molecule has 0 unspecified atom stereocenters. The second-order valence-electron chi connectivity index (χ2n) is 6.15. The zero-order valence-corrected chi connectivity index (χ0v) is 14.8. The largest absolute Gasteiger partial charge is 0.478 e. The number of hydrogen-bond donors (Lipinski definition) is 3. The van der Waals surface area contributed by atoms with E-state index in [-0.39, 0.29) is 5.75 Å². The van der Waals surface area contributed by atoms with Crippen molar-refractivity contribution in [3.8, 4) is 5.75 Å². The van der Waals surface area contributed by atoms with Crippen LogP contribution in [0.1, 0.15) is 39.5 Å². The topological polar surface area (TPSA) is 62.4 Å². The molecular formula is C17H24FN3O2S. The number of ether oxygens (including phenoxy) is 1. The Morgan fingerprint density at radius 2 is 2.00 bits per heavy atom. The predicted molar refractivity (Wildman–Crippen MR) is 94.9 cm³/mol. The minimum Gasteiger partial charge on any atom is -0.478 e. The summed E-state index contributed by atoms with van der Waals surface area (Å²) < 4.78 is 18.8. The van der Waals surface area contributed by atoms with Crippen LogP contribution < -0.4 is 20.9 Å². The summed E-state index contributed by atoms with van der Waals surface area (Å²) >= 11 is 5.21. The van der Waals surface area contributed by atoms with Crippen molar-refractivity contribution in [3.63, 3.8) is 0 Å². The van der Waals surface area contributed by atoms with E-state index in [1.165, 1.54) is 31.4 Å². The van der Waals surface area contributed by atoms with Crippen LogP contribution in [0, 0.1) is 11.7 Å². The molecule has 5 nitrogen and oxygen atoms in total. The Morgan fingerprint density at radius 3 is 2.71 bits per heavy atom. The van der Waals surface area contributed by atoms with Gasteiger partial charge in [-0.05, 0) is 50.0 Å². The maximum Gasteiger partial charge on any atom is 0.279 e. The predicted octanol–water partition coefficient (Wildman–Crippen LogP) is 2.67. The molecule has 1 amide bonds. The molecule has 0 aromatic heterocycles. The molecule has 0 bridgehead atoms. The number of halogens is 1. The van der Waals surface area contributed by atoms with Crippen molar-refractivity contribution in [3.05, 3.63) is 30.1 Å². The molecule has 24 heavy (non-hydrogen) atoms. The minimum atomic E-state index is -0.856. The van der Waals surface area contributed by atoms with E-state index in [2.05, 4.69) is 23.1 Å². The SMILES string of the molecule is C[C@@H]1CCCC[C@H]1NC(=S)NNC(=O)[C@@H](C)Oc1ccccc1F. The molecule has 132 valence electrons. The lowest BCUT2D eigenvalue weighted by molar-refractivity contribution is -0.127. The van der Waals surface area contributed by atoms with E-state index >= 15 is 0 Å². The highest BCUT2D eigenvalue weighted by molar-refractivity contribution is 7.80. The minimum absolute atomic E-state index is 0.0388. The molecule has 0 saturated heterocycles.